The summed E-state index contributed by atoms with van der Waals surface area (Å²) >= 11 is 0. The van der Waals surface area contributed by atoms with Crippen LogP contribution in [0.4, 0.5) is 11.4 Å². The molecule has 1 aliphatic rings. The van der Waals surface area contributed by atoms with E-state index in [1.54, 1.807) is 0 Å². The van der Waals surface area contributed by atoms with Gasteiger partial charge in [-0.1, -0.05) is 194 Å². The summed E-state index contributed by atoms with van der Waals surface area (Å²) in [5.41, 5.74) is 25.5. The normalized spacial score (nSPS) is 15.1. The fourth-order valence-electron chi connectivity index (χ4n) is 10.0. The predicted octanol–water partition coefficient (Wildman–Crippen LogP) is 15.1. The number of nitrogens with two attached hydrogens (primary N) is 1. The molecule has 1 heterocycles. The van der Waals surface area contributed by atoms with Crippen molar-refractivity contribution in [3.05, 3.63) is 276 Å². The van der Waals surface area contributed by atoms with Crippen LogP contribution >= 0.6 is 0 Å². The van der Waals surface area contributed by atoms with Gasteiger partial charge in [-0.2, -0.15) is 0 Å². The fourth-order valence-corrected chi connectivity index (χ4v) is 10.0. The van der Waals surface area contributed by atoms with Crippen molar-refractivity contribution in [1.29, 1.82) is 0 Å². The second kappa shape index (κ2) is 18.5. The molecule has 0 radical (unpaired) electrons. The average Bonchev–Trinajstić information content (AvgIpc) is 3.39. The van der Waals surface area contributed by atoms with Gasteiger partial charge >= 0.3 is 0 Å². The molecule has 0 fully saturated rings. The number of anilines is 2. The highest BCUT2D eigenvalue weighted by Gasteiger charge is 2.33. The Kier molecular flexibility index (Phi) is 11.5. The lowest BCUT2D eigenvalue weighted by atomic mass is 9.89. The SMILES string of the molecule is CN1C(c2ccc3cc(CNC(c4cccc(-c5cccc(-c6ccccc6)c5)c4)c4ccccc4N)ccc3c2)Nc2ccccc2C1c1cccc(-c2cccc(-c3ccccc3)c2)c1. The van der Waals surface area contributed by atoms with E-state index in [1.165, 1.54) is 83.1 Å². The van der Waals surface area contributed by atoms with Gasteiger partial charge in [-0.15, -0.1) is 0 Å². The summed E-state index contributed by atoms with van der Waals surface area (Å²) < 4.78 is 0. The van der Waals surface area contributed by atoms with E-state index >= 15 is 0 Å². The second-order valence-corrected chi connectivity index (χ2v) is 17.7. The van der Waals surface area contributed by atoms with Gasteiger partial charge < -0.3 is 16.4 Å². The maximum atomic E-state index is 6.69. The number of para-hydroxylation sites is 2. The summed E-state index contributed by atoms with van der Waals surface area (Å²) in [4.78, 5) is 2.48. The van der Waals surface area contributed by atoms with E-state index in [0.29, 0.717) is 6.54 Å². The fraction of sp³-hybridized carbons (Fsp3) is 0.0794. The highest BCUT2D eigenvalue weighted by Crippen LogP contribution is 2.44. The Balaban J connectivity index is 0.856. The van der Waals surface area contributed by atoms with E-state index in [9.17, 15) is 0 Å². The summed E-state index contributed by atoms with van der Waals surface area (Å²) in [6.07, 6.45) is -0.0376. The Labute approximate surface area is 394 Å². The highest BCUT2D eigenvalue weighted by atomic mass is 15.3. The van der Waals surface area contributed by atoms with Gasteiger partial charge in [0.1, 0.15) is 6.17 Å². The Bertz CT molecular complexity index is 3340. The molecule has 4 heteroatoms. The van der Waals surface area contributed by atoms with Gasteiger partial charge in [0.05, 0.1) is 12.1 Å². The molecule has 0 amide bonds. The van der Waals surface area contributed by atoms with Crippen molar-refractivity contribution in [3.8, 4) is 44.5 Å². The Morgan fingerprint density at radius 1 is 0.463 bits per heavy atom. The van der Waals surface area contributed by atoms with E-state index in [2.05, 4.69) is 253 Å². The Morgan fingerprint density at radius 2 is 1.00 bits per heavy atom. The smallest absolute Gasteiger partial charge is 0.106 e. The Hall–Kier alpha value is -8.02. The minimum Gasteiger partial charge on any atom is -0.398 e. The molecule has 4 N–H and O–H groups in total. The first kappa shape index (κ1) is 41.7. The van der Waals surface area contributed by atoms with Crippen LogP contribution in [0.1, 0.15) is 51.6 Å². The van der Waals surface area contributed by atoms with Crippen LogP contribution in [0, 0.1) is 0 Å². The molecular formula is C63H52N4. The van der Waals surface area contributed by atoms with Crippen molar-refractivity contribution >= 4 is 22.1 Å². The highest BCUT2D eigenvalue weighted by molar-refractivity contribution is 5.84. The van der Waals surface area contributed by atoms with Crippen LogP contribution in [0.25, 0.3) is 55.3 Å². The molecular weight excluding hydrogens is 813 g/mol. The monoisotopic (exact) mass is 864 g/mol. The molecule has 0 spiro atoms. The molecule has 324 valence electrons. The topological polar surface area (TPSA) is 53.3 Å². The maximum Gasteiger partial charge on any atom is 0.106 e. The van der Waals surface area contributed by atoms with Crippen LogP contribution in [0.3, 0.4) is 0 Å². The number of benzene rings is 10. The van der Waals surface area contributed by atoms with Gasteiger partial charge in [0.2, 0.25) is 0 Å². The quantitative estimate of drug-likeness (QED) is 0.113. The zero-order chi connectivity index (χ0) is 45.1. The van der Waals surface area contributed by atoms with E-state index in [4.69, 9.17) is 5.73 Å². The van der Waals surface area contributed by atoms with Gasteiger partial charge in [-0.3, -0.25) is 4.90 Å². The van der Waals surface area contributed by atoms with Gasteiger partial charge in [0.25, 0.3) is 0 Å². The second-order valence-electron chi connectivity index (χ2n) is 17.7. The first-order valence-electron chi connectivity index (χ1n) is 23.2. The van der Waals surface area contributed by atoms with Gasteiger partial charge in [0, 0.05) is 17.9 Å². The molecule has 1 aliphatic heterocycles. The van der Waals surface area contributed by atoms with Crippen LogP contribution in [-0.2, 0) is 6.54 Å². The number of hydrogen-bond donors (Lipinski definition) is 3. The van der Waals surface area contributed by atoms with Crippen LogP contribution in [-0.4, -0.2) is 11.9 Å². The number of rotatable bonds is 11. The zero-order valence-corrected chi connectivity index (χ0v) is 37.6. The van der Waals surface area contributed by atoms with Crippen LogP contribution in [0.15, 0.2) is 243 Å². The first-order chi connectivity index (χ1) is 33.0. The molecule has 11 rings (SSSR count). The Morgan fingerprint density at radius 3 is 1.70 bits per heavy atom. The number of fused-ring (bicyclic) bond motifs is 2. The first-order valence-corrected chi connectivity index (χ1v) is 23.2. The maximum absolute atomic E-state index is 6.69. The van der Waals surface area contributed by atoms with Crippen molar-refractivity contribution in [1.82, 2.24) is 10.2 Å². The number of nitrogens with one attached hydrogen (secondary N) is 2. The minimum absolute atomic E-state index is 0.0376. The van der Waals surface area contributed by atoms with E-state index in [1.807, 2.05) is 12.1 Å². The summed E-state index contributed by atoms with van der Waals surface area (Å²) in [6.45, 7) is 0.672. The molecule has 3 unspecified atom stereocenters. The molecule has 10 aromatic rings. The summed E-state index contributed by atoms with van der Waals surface area (Å²) in [7, 11) is 2.24. The molecule has 4 nitrogen and oxygen atoms in total. The minimum atomic E-state index is -0.111. The van der Waals surface area contributed by atoms with Gasteiger partial charge in [-0.25, -0.2) is 0 Å². The third-order valence-corrected chi connectivity index (χ3v) is 13.5. The lowest BCUT2D eigenvalue weighted by Crippen LogP contribution is -2.38. The summed E-state index contributed by atoms with van der Waals surface area (Å²) in [5.74, 6) is 0. The molecule has 0 bridgehead atoms. The molecule has 3 atom stereocenters. The van der Waals surface area contributed by atoms with Crippen molar-refractivity contribution in [3.63, 3.8) is 0 Å². The third kappa shape index (κ3) is 8.64. The van der Waals surface area contributed by atoms with Crippen LogP contribution < -0.4 is 16.4 Å². The number of hydrogen-bond acceptors (Lipinski definition) is 4. The molecule has 0 aromatic heterocycles. The van der Waals surface area contributed by atoms with Gasteiger partial charge in [-0.05, 0) is 144 Å². The third-order valence-electron chi connectivity index (χ3n) is 13.5. The molecule has 10 aromatic carbocycles. The lowest BCUT2D eigenvalue weighted by molar-refractivity contribution is 0.209. The van der Waals surface area contributed by atoms with Crippen molar-refractivity contribution < 1.29 is 0 Å². The number of nitrogen functional groups attached to an aromatic ring is 1. The average molecular weight is 865 g/mol. The lowest BCUT2D eigenvalue weighted by Gasteiger charge is -2.42. The van der Waals surface area contributed by atoms with Crippen LogP contribution in [0.5, 0.6) is 0 Å². The summed E-state index contributed by atoms with van der Waals surface area (Å²) in [6, 6.07) is 87.4. The zero-order valence-electron chi connectivity index (χ0n) is 37.6. The standard InChI is InChI=1S/C63H52N4/c1-67-62(55-27-15-25-51(40-55)49-23-13-21-47(38-49)45-18-6-3-7-19-45)58-29-9-11-31-60(58)66-63(67)56-35-34-52-36-43(32-33-53(52)41-56)42-65-61(57-28-8-10-30-59(57)64)54-26-14-24-50(39-54)48-22-12-20-46(37-48)44-16-4-2-5-17-44/h2-41,61-63,65-66H,42,64H2,1H3. The number of nitrogens with zero attached hydrogens (tertiary/aromatic N) is 1. The summed E-state index contributed by atoms with van der Waals surface area (Å²) in [5, 5.41) is 10.2. The van der Waals surface area contributed by atoms with Crippen molar-refractivity contribution in [2.45, 2.75) is 24.8 Å². The van der Waals surface area contributed by atoms with Crippen molar-refractivity contribution in [2.75, 3.05) is 18.1 Å². The van der Waals surface area contributed by atoms with Gasteiger partial charge in [0.15, 0.2) is 0 Å². The predicted molar refractivity (Wildman–Crippen MR) is 281 cm³/mol. The van der Waals surface area contributed by atoms with Crippen molar-refractivity contribution in [2.24, 2.45) is 0 Å². The molecule has 0 aliphatic carbocycles. The molecule has 67 heavy (non-hydrogen) atoms. The van der Waals surface area contributed by atoms with E-state index < -0.39 is 0 Å². The molecule has 0 saturated carbocycles. The molecule has 0 saturated heterocycles. The van der Waals surface area contributed by atoms with Crippen LogP contribution in [0.2, 0.25) is 0 Å². The van der Waals surface area contributed by atoms with E-state index in [-0.39, 0.29) is 18.2 Å². The van der Waals surface area contributed by atoms with E-state index in [0.717, 1.165) is 16.9 Å². The largest absolute Gasteiger partial charge is 0.398 e.